The van der Waals surface area contributed by atoms with Crippen molar-refractivity contribution in [2.45, 2.75) is 18.6 Å². The second kappa shape index (κ2) is 5.54. The van der Waals surface area contributed by atoms with Crippen LogP contribution in [0.3, 0.4) is 0 Å². The van der Waals surface area contributed by atoms with Crippen LogP contribution in [0.25, 0.3) is 0 Å². The van der Waals surface area contributed by atoms with Crippen LogP contribution in [0.1, 0.15) is 23.2 Å². The lowest BCUT2D eigenvalue weighted by atomic mass is 10.0. The van der Waals surface area contributed by atoms with E-state index in [1.165, 1.54) is 7.11 Å². The molecule has 1 aromatic carbocycles. The van der Waals surface area contributed by atoms with Crippen LogP contribution < -0.4 is 10.6 Å². The zero-order valence-corrected chi connectivity index (χ0v) is 12.1. The van der Waals surface area contributed by atoms with Crippen molar-refractivity contribution in [3.63, 3.8) is 0 Å². The van der Waals surface area contributed by atoms with E-state index in [-0.39, 0.29) is 5.97 Å². The summed E-state index contributed by atoms with van der Waals surface area (Å²) >= 11 is 0. The van der Waals surface area contributed by atoms with Gasteiger partial charge in [0.1, 0.15) is 0 Å². The summed E-state index contributed by atoms with van der Waals surface area (Å²) < 4.78 is 16.2. The van der Waals surface area contributed by atoms with Gasteiger partial charge < -0.3 is 24.8 Å². The molecule has 1 spiro atoms. The van der Waals surface area contributed by atoms with Gasteiger partial charge in [0.05, 0.1) is 37.3 Å². The fourth-order valence-electron chi connectivity index (χ4n) is 2.94. The highest BCUT2D eigenvalue weighted by molar-refractivity contribution is 5.92. The van der Waals surface area contributed by atoms with Gasteiger partial charge in [0.25, 0.3) is 0 Å². The number of nitrogens with zero attached hydrogens (tertiary/aromatic N) is 1. The van der Waals surface area contributed by atoms with Crippen molar-refractivity contribution in [1.82, 2.24) is 0 Å². The number of carbonyl (C=O) groups excluding carboxylic acids is 1. The van der Waals surface area contributed by atoms with Crippen LogP contribution in [-0.4, -0.2) is 45.2 Å². The lowest BCUT2D eigenvalue weighted by Crippen LogP contribution is -2.45. The Labute approximate surface area is 123 Å². The van der Waals surface area contributed by atoms with Gasteiger partial charge in [0.15, 0.2) is 5.79 Å². The molecule has 2 saturated heterocycles. The van der Waals surface area contributed by atoms with Gasteiger partial charge >= 0.3 is 5.97 Å². The Morgan fingerprint density at radius 3 is 2.57 bits per heavy atom. The third-order valence-electron chi connectivity index (χ3n) is 4.13. The number of carbonyl (C=O) groups is 1. The van der Waals surface area contributed by atoms with Gasteiger partial charge in [-0.15, -0.1) is 0 Å². The summed E-state index contributed by atoms with van der Waals surface area (Å²) in [5, 5.41) is 0. The fraction of sp³-hybridized carbons (Fsp3) is 0.533. The van der Waals surface area contributed by atoms with E-state index in [1.807, 2.05) is 0 Å². The molecule has 2 heterocycles. The molecule has 0 radical (unpaired) electrons. The Balaban J connectivity index is 1.76. The maximum absolute atomic E-state index is 11.6. The van der Waals surface area contributed by atoms with E-state index in [0.29, 0.717) is 24.5 Å². The lowest BCUT2D eigenvalue weighted by Gasteiger charge is -2.39. The van der Waals surface area contributed by atoms with Gasteiger partial charge in [0, 0.05) is 25.9 Å². The van der Waals surface area contributed by atoms with Crippen molar-refractivity contribution in [3.8, 4) is 0 Å². The molecule has 0 bridgehead atoms. The minimum atomic E-state index is -0.411. The maximum atomic E-state index is 11.6. The van der Waals surface area contributed by atoms with Gasteiger partial charge in [-0.2, -0.15) is 0 Å². The van der Waals surface area contributed by atoms with E-state index in [2.05, 4.69) is 4.90 Å². The molecule has 1 aromatic rings. The number of hydrogen-bond acceptors (Lipinski definition) is 6. The topological polar surface area (TPSA) is 74.0 Å². The van der Waals surface area contributed by atoms with E-state index >= 15 is 0 Å². The van der Waals surface area contributed by atoms with E-state index in [0.717, 1.165) is 31.6 Å². The van der Waals surface area contributed by atoms with Crippen LogP contribution in [-0.2, 0) is 14.2 Å². The van der Waals surface area contributed by atoms with Gasteiger partial charge in [0.2, 0.25) is 0 Å². The minimum absolute atomic E-state index is 0.354. The van der Waals surface area contributed by atoms with Crippen molar-refractivity contribution in [3.05, 3.63) is 23.8 Å². The first-order valence-electron chi connectivity index (χ1n) is 7.14. The molecule has 2 aliphatic heterocycles. The van der Waals surface area contributed by atoms with Crippen LogP contribution >= 0.6 is 0 Å². The molecule has 6 nitrogen and oxygen atoms in total. The molecule has 0 atom stereocenters. The van der Waals surface area contributed by atoms with Gasteiger partial charge in [-0.1, -0.05) is 0 Å². The molecule has 6 heteroatoms. The molecule has 3 rings (SSSR count). The van der Waals surface area contributed by atoms with Crippen LogP contribution in [0.15, 0.2) is 18.2 Å². The second-order valence-electron chi connectivity index (χ2n) is 5.36. The lowest BCUT2D eigenvalue weighted by molar-refractivity contribution is -0.169. The number of hydrogen-bond donors (Lipinski definition) is 1. The zero-order chi connectivity index (χ0) is 14.9. The molecule has 0 aromatic heterocycles. The van der Waals surface area contributed by atoms with E-state index in [1.54, 1.807) is 18.2 Å². The second-order valence-corrected chi connectivity index (χ2v) is 5.36. The first-order chi connectivity index (χ1) is 10.1. The summed E-state index contributed by atoms with van der Waals surface area (Å²) in [6.45, 7) is 2.91. The number of esters is 1. The highest BCUT2D eigenvalue weighted by Gasteiger charge is 2.40. The third kappa shape index (κ3) is 2.69. The van der Waals surface area contributed by atoms with Crippen molar-refractivity contribution < 1.29 is 19.0 Å². The predicted octanol–water partition coefficient (Wildman–Crippen LogP) is 1.40. The van der Waals surface area contributed by atoms with Crippen molar-refractivity contribution in [2.75, 3.05) is 44.0 Å². The van der Waals surface area contributed by atoms with Gasteiger partial charge in [-0.3, -0.25) is 0 Å². The van der Waals surface area contributed by atoms with Crippen LogP contribution in [0.2, 0.25) is 0 Å². The van der Waals surface area contributed by atoms with Crippen molar-refractivity contribution in [2.24, 2.45) is 0 Å². The largest absolute Gasteiger partial charge is 0.465 e. The van der Waals surface area contributed by atoms with Crippen molar-refractivity contribution >= 4 is 17.3 Å². The molecule has 0 saturated carbocycles. The number of anilines is 2. The van der Waals surface area contributed by atoms with Gasteiger partial charge in [-0.05, 0) is 18.2 Å². The fourth-order valence-corrected chi connectivity index (χ4v) is 2.94. The quantitative estimate of drug-likeness (QED) is 0.656. The number of rotatable bonds is 2. The summed E-state index contributed by atoms with van der Waals surface area (Å²) in [6.07, 6.45) is 1.60. The van der Waals surface area contributed by atoms with Crippen LogP contribution in [0.5, 0.6) is 0 Å². The number of piperidine rings is 1. The monoisotopic (exact) mass is 292 g/mol. The first-order valence-corrected chi connectivity index (χ1v) is 7.14. The summed E-state index contributed by atoms with van der Waals surface area (Å²) in [5.41, 5.74) is 8.09. The SMILES string of the molecule is COC(=O)c1ccc(N)c(N2CCC3(CC2)OCCO3)c1. The van der Waals surface area contributed by atoms with E-state index < -0.39 is 5.79 Å². The van der Waals surface area contributed by atoms with Gasteiger partial charge in [-0.25, -0.2) is 4.79 Å². The van der Waals surface area contributed by atoms with Crippen molar-refractivity contribution in [1.29, 1.82) is 0 Å². The summed E-state index contributed by atoms with van der Waals surface area (Å²) in [4.78, 5) is 13.8. The van der Waals surface area contributed by atoms with Crippen LogP contribution in [0, 0.1) is 0 Å². The summed E-state index contributed by atoms with van der Waals surface area (Å²) in [6, 6.07) is 5.21. The summed E-state index contributed by atoms with van der Waals surface area (Å²) in [5.74, 6) is -0.766. The molecule has 114 valence electrons. The summed E-state index contributed by atoms with van der Waals surface area (Å²) in [7, 11) is 1.37. The average molecular weight is 292 g/mol. The minimum Gasteiger partial charge on any atom is -0.465 e. The molecule has 21 heavy (non-hydrogen) atoms. The normalized spacial score (nSPS) is 20.7. The first kappa shape index (κ1) is 14.2. The number of ether oxygens (including phenoxy) is 3. The molecular formula is C15H20N2O4. The Morgan fingerprint density at radius 2 is 1.95 bits per heavy atom. The Bertz CT molecular complexity index is 530. The maximum Gasteiger partial charge on any atom is 0.337 e. The third-order valence-corrected chi connectivity index (χ3v) is 4.13. The molecule has 2 N–H and O–H groups in total. The zero-order valence-electron chi connectivity index (χ0n) is 12.1. The Morgan fingerprint density at radius 1 is 1.29 bits per heavy atom. The Hall–Kier alpha value is -1.79. The van der Waals surface area contributed by atoms with E-state index in [4.69, 9.17) is 19.9 Å². The molecule has 2 aliphatic rings. The number of nitrogens with two attached hydrogens (primary N) is 1. The highest BCUT2D eigenvalue weighted by Crippen LogP contribution is 2.35. The molecular weight excluding hydrogens is 272 g/mol. The smallest absolute Gasteiger partial charge is 0.337 e. The molecule has 0 unspecified atom stereocenters. The number of benzene rings is 1. The number of nitrogen functional groups attached to an aromatic ring is 1. The number of methoxy groups -OCH3 is 1. The highest BCUT2D eigenvalue weighted by atomic mass is 16.7. The standard InChI is InChI=1S/C15H20N2O4/c1-19-14(18)11-2-3-12(16)13(10-11)17-6-4-15(5-7-17)20-8-9-21-15/h2-3,10H,4-9,16H2,1H3. The molecule has 2 fully saturated rings. The molecule has 0 amide bonds. The molecule has 0 aliphatic carbocycles. The predicted molar refractivity (Wildman–Crippen MR) is 78.3 cm³/mol. The average Bonchev–Trinajstić information content (AvgIpc) is 2.96. The van der Waals surface area contributed by atoms with Crippen LogP contribution in [0.4, 0.5) is 11.4 Å². The van der Waals surface area contributed by atoms with E-state index in [9.17, 15) is 4.79 Å². The Kier molecular flexibility index (Phi) is 3.73.